The number of hydrogen-bond acceptors (Lipinski definition) is 1. The van der Waals surface area contributed by atoms with E-state index in [-0.39, 0.29) is 29.8 Å². The molecule has 0 amide bonds. The number of aromatic nitrogens is 2. The summed E-state index contributed by atoms with van der Waals surface area (Å²) in [5.41, 5.74) is 3.24. The smallest absolute Gasteiger partial charge is 0.193 e. The molecule has 0 radical (unpaired) electrons. The Hall–Kier alpha value is -1.55. The Morgan fingerprint density at radius 2 is 2.15 bits per heavy atom. The van der Waals surface area contributed by atoms with Gasteiger partial charge in [-0.25, -0.2) is 4.39 Å². The Morgan fingerprint density at radius 3 is 2.81 bits per heavy atom. The minimum atomic E-state index is -0.212. The Balaban J connectivity index is 0.00000261. The third kappa shape index (κ3) is 5.25. The van der Waals surface area contributed by atoms with E-state index in [1.807, 2.05) is 26.5 Å². The van der Waals surface area contributed by atoms with Crippen molar-refractivity contribution in [2.45, 2.75) is 13.0 Å². The number of aliphatic imine (C=N–C) groups is 1. The maximum atomic E-state index is 13.5. The lowest BCUT2D eigenvalue weighted by atomic mass is 10.1. The molecule has 0 fully saturated rings. The summed E-state index contributed by atoms with van der Waals surface area (Å²) >= 11 is 3.50. The van der Waals surface area contributed by atoms with E-state index in [0.29, 0.717) is 0 Å². The zero-order valence-electron chi connectivity index (χ0n) is 15.6. The second kappa shape index (κ2) is 9.59. The third-order valence-electron chi connectivity index (χ3n) is 4.45. The highest BCUT2D eigenvalue weighted by atomic mass is 127. The van der Waals surface area contributed by atoms with Crippen molar-refractivity contribution in [3.63, 3.8) is 0 Å². The number of rotatable bonds is 5. The fourth-order valence-electron chi connectivity index (χ4n) is 3.09. The van der Waals surface area contributed by atoms with Crippen LogP contribution in [0, 0.1) is 5.82 Å². The highest BCUT2D eigenvalue weighted by Gasteiger charge is 2.10. The van der Waals surface area contributed by atoms with Gasteiger partial charge >= 0.3 is 0 Å². The molecule has 1 aromatic carbocycles. The van der Waals surface area contributed by atoms with Crippen molar-refractivity contribution in [3.8, 4) is 0 Å². The monoisotopic (exact) mass is 547 g/mol. The number of hydrogen-bond donors (Lipinski definition) is 2. The van der Waals surface area contributed by atoms with Gasteiger partial charge in [0.15, 0.2) is 5.96 Å². The summed E-state index contributed by atoms with van der Waals surface area (Å²) in [6.07, 6.45) is 4.77. The standard InChI is InChI=1S/C19H23BrFN5.HI/c1-22-19(26(3)12-16-8-14(20)11-25(16)2)23-7-6-13-10-24-18-5-4-15(21)9-17(13)18;/h4-5,8-11,24H,6-7,12H2,1-3H3,(H,22,23);1H. The Labute approximate surface area is 184 Å². The number of benzene rings is 1. The Bertz CT molecular complexity index is 933. The van der Waals surface area contributed by atoms with Crippen molar-refractivity contribution in [3.05, 3.63) is 58.2 Å². The average molecular weight is 548 g/mol. The van der Waals surface area contributed by atoms with E-state index in [1.54, 1.807) is 19.2 Å². The molecule has 0 aliphatic rings. The second-order valence-electron chi connectivity index (χ2n) is 6.34. The molecule has 2 heterocycles. The fraction of sp³-hybridized carbons (Fsp3) is 0.316. The van der Waals surface area contributed by atoms with Crippen LogP contribution >= 0.6 is 39.9 Å². The number of aromatic amines is 1. The summed E-state index contributed by atoms with van der Waals surface area (Å²) in [5.74, 6) is 0.615. The lowest BCUT2D eigenvalue weighted by Gasteiger charge is -2.22. The van der Waals surface area contributed by atoms with Crippen molar-refractivity contribution in [1.29, 1.82) is 0 Å². The van der Waals surface area contributed by atoms with E-state index in [0.717, 1.165) is 46.4 Å². The topological polar surface area (TPSA) is 48.4 Å². The van der Waals surface area contributed by atoms with Gasteiger partial charge in [0.05, 0.1) is 6.54 Å². The molecule has 3 aromatic rings. The highest BCUT2D eigenvalue weighted by molar-refractivity contribution is 14.0. The van der Waals surface area contributed by atoms with E-state index in [9.17, 15) is 4.39 Å². The summed E-state index contributed by atoms with van der Waals surface area (Å²) in [7, 11) is 5.82. The summed E-state index contributed by atoms with van der Waals surface area (Å²) in [6.45, 7) is 1.47. The van der Waals surface area contributed by atoms with Gasteiger partial charge in [-0.3, -0.25) is 4.99 Å². The number of guanidine groups is 1. The van der Waals surface area contributed by atoms with E-state index < -0.39 is 0 Å². The Kier molecular flexibility index (Phi) is 7.72. The van der Waals surface area contributed by atoms with Crippen molar-refractivity contribution in [2.75, 3.05) is 20.6 Å². The van der Waals surface area contributed by atoms with Gasteiger partial charge in [0.25, 0.3) is 0 Å². The van der Waals surface area contributed by atoms with Crippen molar-refractivity contribution >= 4 is 56.8 Å². The first kappa shape index (κ1) is 21.7. The van der Waals surface area contributed by atoms with E-state index in [1.165, 1.54) is 11.8 Å². The molecule has 0 saturated heterocycles. The van der Waals surface area contributed by atoms with Gasteiger partial charge in [0.2, 0.25) is 0 Å². The van der Waals surface area contributed by atoms with Crippen LogP contribution in [0.5, 0.6) is 0 Å². The molecular weight excluding hydrogens is 524 g/mol. The van der Waals surface area contributed by atoms with Gasteiger partial charge in [0, 0.05) is 61.2 Å². The van der Waals surface area contributed by atoms with Crippen LogP contribution in [0.15, 0.2) is 46.1 Å². The van der Waals surface area contributed by atoms with Crippen LogP contribution in [0.25, 0.3) is 10.9 Å². The van der Waals surface area contributed by atoms with Crippen LogP contribution in [0.4, 0.5) is 4.39 Å². The Morgan fingerprint density at radius 1 is 1.37 bits per heavy atom. The van der Waals surface area contributed by atoms with Gasteiger partial charge in [-0.05, 0) is 52.2 Å². The summed E-state index contributed by atoms with van der Waals surface area (Å²) in [5, 5.41) is 4.31. The maximum absolute atomic E-state index is 13.5. The second-order valence-corrected chi connectivity index (χ2v) is 7.26. The summed E-state index contributed by atoms with van der Waals surface area (Å²) < 4.78 is 16.6. The number of aryl methyl sites for hydroxylation is 1. The lowest BCUT2D eigenvalue weighted by molar-refractivity contribution is 0.462. The van der Waals surface area contributed by atoms with Gasteiger partial charge in [-0.2, -0.15) is 0 Å². The zero-order valence-corrected chi connectivity index (χ0v) is 19.5. The molecular formula is C19H24BrFIN5. The van der Waals surface area contributed by atoms with Gasteiger partial charge in [-0.1, -0.05) is 0 Å². The van der Waals surface area contributed by atoms with Crippen LogP contribution < -0.4 is 5.32 Å². The lowest BCUT2D eigenvalue weighted by Crippen LogP contribution is -2.39. The SMILES string of the molecule is CN=C(NCCc1c[nH]c2ccc(F)cc12)N(C)Cc1cc(Br)cn1C.I. The minimum Gasteiger partial charge on any atom is -0.361 e. The van der Waals surface area contributed by atoms with E-state index in [4.69, 9.17) is 0 Å². The highest BCUT2D eigenvalue weighted by Crippen LogP contribution is 2.19. The summed E-state index contributed by atoms with van der Waals surface area (Å²) in [6, 6.07) is 6.92. The van der Waals surface area contributed by atoms with E-state index >= 15 is 0 Å². The molecule has 0 aliphatic heterocycles. The molecule has 3 rings (SSSR count). The zero-order chi connectivity index (χ0) is 18.7. The van der Waals surface area contributed by atoms with Crippen LogP contribution in [0.1, 0.15) is 11.3 Å². The molecule has 0 aliphatic carbocycles. The molecule has 27 heavy (non-hydrogen) atoms. The number of halogens is 3. The predicted molar refractivity (Wildman–Crippen MR) is 123 cm³/mol. The molecule has 2 N–H and O–H groups in total. The number of nitrogens with one attached hydrogen (secondary N) is 2. The number of nitrogens with zero attached hydrogens (tertiary/aromatic N) is 3. The van der Waals surface area contributed by atoms with Crippen molar-refractivity contribution < 1.29 is 4.39 Å². The van der Waals surface area contributed by atoms with Crippen LogP contribution in [-0.4, -0.2) is 41.1 Å². The molecule has 2 aromatic heterocycles. The first-order chi connectivity index (χ1) is 12.5. The largest absolute Gasteiger partial charge is 0.361 e. The molecule has 0 bridgehead atoms. The fourth-order valence-corrected chi connectivity index (χ4v) is 3.66. The first-order valence-corrected chi connectivity index (χ1v) is 9.25. The van der Waals surface area contributed by atoms with Crippen LogP contribution in [0.2, 0.25) is 0 Å². The molecule has 146 valence electrons. The number of H-pyrrole nitrogens is 1. The minimum absolute atomic E-state index is 0. The third-order valence-corrected chi connectivity index (χ3v) is 4.89. The molecule has 5 nitrogen and oxygen atoms in total. The van der Waals surface area contributed by atoms with Gasteiger partial charge in [0.1, 0.15) is 5.82 Å². The van der Waals surface area contributed by atoms with Crippen LogP contribution in [-0.2, 0) is 20.0 Å². The quantitative estimate of drug-likeness (QED) is 0.285. The normalized spacial score (nSPS) is 11.5. The maximum Gasteiger partial charge on any atom is 0.193 e. The van der Waals surface area contributed by atoms with E-state index in [2.05, 4.69) is 46.8 Å². The first-order valence-electron chi connectivity index (χ1n) is 8.46. The van der Waals surface area contributed by atoms with Crippen LogP contribution in [0.3, 0.4) is 0 Å². The molecule has 0 spiro atoms. The molecule has 0 saturated carbocycles. The number of fused-ring (bicyclic) bond motifs is 1. The van der Waals surface area contributed by atoms with Crippen molar-refractivity contribution in [1.82, 2.24) is 19.8 Å². The summed E-state index contributed by atoms with van der Waals surface area (Å²) in [4.78, 5) is 9.63. The van der Waals surface area contributed by atoms with Crippen molar-refractivity contribution in [2.24, 2.45) is 12.0 Å². The van der Waals surface area contributed by atoms with Gasteiger partial charge < -0.3 is 19.8 Å². The van der Waals surface area contributed by atoms with Gasteiger partial charge in [-0.15, -0.1) is 24.0 Å². The molecule has 0 unspecified atom stereocenters. The average Bonchev–Trinajstić information content (AvgIpc) is 3.14. The predicted octanol–water partition coefficient (Wildman–Crippen LogP) is 4.28. The molecule has 0 atom stereocenters. The molecule has 8 heteroatoms.